The van der Waals surface area contributed by atoms with Gasteiger partial charge in [-0.05, 0) is 48.0 Å². The van der Waals surface area contributed by atoms with Gasteiger partial charge in [0, 0.05) is 12.1 Å². The van der Waals surface area contributed by atoms with E-state index in [2.05, 4.69) is 4.57 Å². The summed E-state index contributed by atoms with van der Waals surface area (Å²) in [5, 5.41) is 0. The molecule has 0 aliphatic carbocycles. The van der Waals surface area contributed by atoms with Gasteiger partial charge in [0.15, 0.2) is 11.5 Å². The molecule has 0 unspecified atom stereocenters. The number of methoxy groups -OCH3 is 2. The first-order valence-electron chi connectivity index (χ1n) is 8.61. The van der Waals surface area contributed by atoms with Crippen LogP contribution < -0.4 is 9.47 Å². The van der Waals surface area contributed by atoms with E-state index in [1.807, 2.05) is 42.5 Å². The number of fused-ring (bicyclic) bond motifs is 1. The molecule has 1 aromatic heterocycles. The molecule has 0 fully saturated rings. The van der Waals surface area contributed by atoms with E-state index < -0.39 is 0 Å². The second-order valence-electron chi connectivity index (χ2n) is 6.21. The summed E-state index contributed by atoms with van der Waals surface area (Å²) >= 11 is 0. The predicted molar refractivity (Wildman–Crippen MR) is 104 cm³/mol. The third kappa shape index (κ3) is 3.24. The van der Waals surface area contributed by atoms with Crippen molar-refractivity contribution in [1.29, 1.82) is 0 Å². The van der Waals surface area contributed by atoms with Crippen LogP contribution in [0.3, 0.4) is 0 Å². The molecule has 136 valence electrons. The number of aromatic nitrogens is 2. The lowest BCUT2D eigenvalue weighted by Crippen LogP contribution is -2.02. The van der Waals surface area contributed by atoms with Crippen LogP contribution in [-0.2, 0) is 6.54 Å². The van der Waals surface area contributed by atoms with Crippen molar-refractivity contribution in [2.45, 2.75) is 6.54 Å². The lowest BCUT2D eigenvalue weighted by molar-refractivity contribution is 0.355. The van der Waals surface area contributed by atoms with Gasteiger partial charge < -0.3 is 14.0 Å². The SMILES string of the molecule is COc1ccc(-c2nc3ccccc3n2Cc2ccc(F)cc2)cc1OC. The molecule has 0 bridgehead atoms. The zero-order valence-electron chi connectivity index (χ0n) is 15.1. The van der Waals surface area contributed by atoms with Crippen LogP contribution in [0.4, 0.5) is 4.39 Å². The van der Waals surface area contributed by atoms with E-state index in [-0.39, 0.29) is 5.82 Å². The highest BCUT2D eigenvalue weighted by atomic mass is 19.1. The molecule has 0 aliphatic heterocycles. The van der Waals surface area contributed by atoms with Crippen molar-refractivity contribution >= 4 is 11.0 Å². The normalized spacial score (nSPS) is 10.9. The van der Waals surface area contributed by atoms with Crippen LogP contribution in [-0.4, -0.2) is 23.8 Å². The third-order valence-corrected chi connectivity index (χ3v) is 4.55. The van der Waals surface area contributed by atoms with E-state index in [1.54, 1.807) is 26.4 Å². The highest BCUT2D eigenvalue weighted by Gasteiger charge is 2.15. The molecule has 4 rings (SSSR count). The van der Waals surface area contributed by atoms with E-state index in [4.69, 9.17) is 14.5 Å². The van der Waals surface area contributed by atoms with E-state index in [0.717, 1.165) is 28.0 Å². The monoisotopic (exact) mass is 362 g/mol. The van der Waals surface area contributed by atoms with Gasteiger partial charge in [-0.25, -0.2) is 9.37 Å². The van der Waals surface area contributed by atoms with Crippen LogP contribution in [0, 0.1) is 5.82 Å². The number of halogens is 1. The summed E-state index contributed by atoms with van der Waals surface area (Å²) in [6.45, 7) is 0.588. The van der Waals surface area contributed by atoms with Crippen LogP contribution in [0.1, 0.15) is 5.56 Å². The maximum atomic E-state index is 13.3. The Morgan fingerprint density at radius 2 is 1.63 bits per heavy atom. The average molecular weight is 362 g/mol. The highest BCUT2D eigenvalue weighted by molar-refractivity contribution is 5.81. The number of benzene rings is 3. The molecule has 1 heterocycles. The van der Waals surface area contributed by atoms with Crippen molar-refractivity contribution < 1.29 is 13.9 Å². The Hall–Kier alpha value is -3.34. The summed E-state index contributed by atoms with van der Waals surface area (Å²) < 4.78 is 26.2. The summed E-state index contributed by atoms with van der Waals surface area (Å²) in [7, 11) is 3.23. The average Bonchev–Trinajstić information content (AvgIpc) is 3.07. The van der Waals surface area contributed by atoms with Crippen molar-refractivity contribution in [3.63, 3.8) is 0 Å². The van der Waals surface area contributed by atoms with Gasteiger partial charge in [-0.3, -0.25) is 0 Å². The molecule has 0 atom stereocenters. The fourth-order valence-electron chi connectivity index (χ4n) is 3.20. The summed E-state index contributed by atoms with van der Waals surface area (Å²) in [6, 6.07) is 20.3. The molecule has 0 radical (unpaired) electrons. The fraction of sp³-hybridized carbons (Fsp3) is 0.136. The first-order chi connectivity index (χ1) is 13.2. The standard InChI is InChI=1S/C22H19FN2O2/c1-26-20-12-9-16(13-21(20)27-2)22-24-18-5-3-4-6-19(18)25(22)14-15-7-10-17(23)11-8-15/h3-13H,14H2,1-2H3. The number of imidazole rings is 1. The highest BCUT2D eigenvalue weighted by Crippen LogP contribution is 2.33. The van der Waals surface area contributed by atoms with Gasteiger partial charge in [-0.2, -0.15) is 0 Å². The second-order valence-corrected chi connectivity index (χ2v) is 6.21. The van der Waals surface area contributed by atoms with Crippen LogP contribution in [0.5, 0.6) is 11.5 Å². The van der Waals surface area contributed by atoms with Crippen molar-refractivity contribution in [3.8, 4) is 22.9 Å². The number of hydrogen-bond donors (Lipinski definition) is 0. The van der Waals surface area contributed by atoms with E-state index in [1.165, 1.54) is 12.1 Å². The van der Waals surface area contributed by atoms with Crippen LogP contribution in [0.25, 0.3) is 22.4 Å². The van der Waals surface area contributed by atoms with Crippen LogP contribution in [0.2, 0.25) is 0 Å². The second kappa shape index (κ2) is 7.11. The molecule has 4 nitrogen and oxygen atoms in total. The van der Waals surface area contributed by atoms with Gasteiger partial charge in [-0.1, -0.05) is 24.3 Å². The molecule has 0 amide bonds. The number of rotatable bonds is 5. The zero-order chi connectivity index (χ0) is 18.8. The molecule has 0 N–H and O–H groups in total. The minimum absolute atomic E-state index is 0.241. The third-order valence-electron chi connectivity index (χ3n) is 4.55. The van der Waals surface area contributed by atoms with Crippen molar-refractivity contribution in [2.24, 2.45) is 0 Å². The maximum absolute atomic E-state index is 13.3. The Bertz CT molecular complexity index is 1090. The van der Waals surface area contributed by atoms with Gasteiger partial charge in [0.05, 0.1) is 25.3 Å². The van der Waals surface area contributed by atoms with Gasteiger partial charge in [0.1, 0.15) is 11.6 Å². The Balaban J connectivity index is 1.86. The van der Waals surface area contributed by atoms with Gasteiger partial charge >= 0.3 is 0 Å². The topological polar surface area (TPSA) is 36.3 Å². The fourth-order valence-corrected chi connectivity index (χ4v) is 3.20. The van der Waals surface area contributed by atoms with Gasteiger partial charge in [0.2, 0.25) is 0 Å². The summed E-state index contributed by atoms with van der Waals surface area (Å²) in [4.78, 5) is 4.82. The van der Waals surface area contributed by atoms with Crippen LogP contribution >= 0.6 is 0 Å². The molecule has 0 saturated carbocycles. The van der Waals surface area contributed by atoms with Crippen molar-refractivity contribution in [1.82, 2.24) is 9.55 Å². The summed E-state index contributed by atoms with van der Waals surface area (Å²) in [5.41, 5.74) is 3.85. The zero-order valence-corrected chi connectivity index (χ0v) is 15.1. The lowest BCUT2D eigenvalue weighted by atomic mass is 10.1. The quantitative estimate of drug-likeness (QED) is 0.506. The minimum Gasteiger partial charge on any atom is -0.493 e. The van der Waals surface area contributed by atoms with E-state index in [0.29, 0.717) is 18.0 Å². The lowest BCUT2D eigenvalue weighted by Gasteiger charge is -2.12. The molecule has 3 aromatic carbocycles. The molecule has 27 heavy (non-hydrogen) atoms. The number of hydrogen-bond acceptors (Lipinski definition) is 3. The van der Waals surface area contributed by atoms with Crippen molar-refractivity contribution in [3.05, 3.63) is 78.1 Å². The molecule has 0 aliphatic rings. The number of nitrogens with zero attached hydrogens (tertiary/aromatic N) is 2. The largest absolute Gasteiger partial charge is 0.493 e. The molecular formula is C22H19FN2O2. The summed E-state index contributed by atoms with van der Waals surface area (Å²) in [6.07, 6.45) is 0. The molecule has 5 heteroatoms. The van der Waals surface area contributed by atoms with E-state index in [9.17, 15) is 4.39 Å². The first kappa shape index (κ1) is 17.1. The molecular weight excluding hydrogens is 343 g/mol. The number of ether oxygens (including phenoxy) is 2. The molecule has 0 spiro atoms. The number of para-hydroxylation sites is 2. The van der Waals surface area contributed by atoms with Gasteiger partial charge in [0.25, 0.3) is 0 Å². The Morgan fingerprint density at radius 1 is 0.889 bits per heavy atom. The summed E-state index contributed by atoms with van der Waals surface area (Å²) in [5.74, 6) is 1.90. The predicted octanol–water partition coefficient (Wildman–Crippen LogP) is 4.91. The molecule has 0 saturated heterocycles. The van der Waals surface area contributed by atoms with Crippen molar-refractivity contribution in [2.75, 3.05) is 14.2 Å². The first-order valence-corrected chi connectivity index (χ1v) is 8.61. The Labute approximate surface area is 156 Å². The smallest absolute Gasteiger partial charge is 0.161 e. The Kier molecular flexibility index (Phi) is 4.50. The maximum Gasteiger partial charge on any atom is 0.161 e. The van der Waals surface area contributed by atoms with E-state index >= 15 is 0 Å². The molecule has 4 aromatic rings. The van der Waals surface area contributed by atoms with Gasteiger partial charge in [-0.15, -0.1) is 0 Å². The van der Waals surface area contributed by atoms with Crippen LogP contribution in [0.15, 0.2) is 66.7 Å². The Morgan fingerprint density at radius 3 is 2.37 bits per heavy atom. The minimum atomic E-state index is -0.241.